The van der Waals surface area contributed by atoms with Crippen LogP contribution in [0.2, 0.25) is 0 Å². The molecule has 0 saturated carbocycles. The first-order chi connectivity index (χ1) is 15.3. The Bertz CT molecular complexity index is 1170. The molecule has 0 radical (unpaired) electrons. The van der Waals surface area contributed by atoms with Crippen LogP contribution in [0, 0.1) is 6.92 Å². The van der Waals surface area contributed by atoms with Crippen molar-refractivity contribution in [3.8, 4) is 5.75 Å². The molecule has 2 atom stereocenters. The maximum Gasteiger partial charge on any atom is 0.336 e. The summed E-state index contributed by atoms with van der Waals surface area (Å²) < 4.78 is 11.2. The molecule has 0 aliphatic heterocycles. The summed E-state index contributed by atoms with van der Waals surface area (Å²) in [5.41, 5.74) is 2.31. The molecule has 32 heavy (non-hydrogen) atoms. The highest BCUT2D eigenvalue weighted by Crippen LogP contribution is 2.29. The van der Waals surface area contributed by atoms with E-state index in [0.717, 1.165) is 29.4 Å². The molecule has 0 fully saturated rings. The summed E-state index contributed by atoms with van der Waals surface area (Å²) >= 11 is 0. The highest BCUT2D eigenvalue weighted by Gasteiger charge is 2.25. The molecule has 7 nitrogen and oxygen atoms in total. The SMILES string of the molecule is CCCc1cc(=O)oc2c(C)c(O[C@@H](C)C(=O)N[C@@H](Cc3ccccc3)C(=O)O)ccc12. The monoisotopic (exact) mass is 437 g/mol. The Labute approximate surface area is 186 Å². The predicted octanol–water partition coefficient (Wildman–Crippen LogP) is 3.63. The van der Waals surface area contributed by atoms with Gasteiger partial charge in [-0.25, -0.2) is 9.59 Å². The fourth-order valence-corrected chi connectivity index (χ4v) is 3.59. The molecule has 0 bridgehead atoms. The van der Waals surface area contributed by atoms with Crippen molar-refractivity contribution in [3.63, 3.8) is 0 Å². The molecule has 1 heterocycles. The van der Waals surface area contributed by atoms with Crippen LogP contribution in [0.15, 0.2) is 57.7 Å². The quantitative estimate of drug-likeness (QED) is 0.495. The summed E-state index contributed by atoms with van der Waals surface area (Å²) in [7, 11) is 0. The van der Waals surface area contributed by atoms with Crippen LogP contribution in [0.5, 0.6) is 5.75 Å². The topological polar surface area (TPSA) is 106 Å². The summed E-state index contributed by atoms with van der Waals surface area (Å²) in [5.74, 6) is -1.28. The van der Waals surface area contributed by atoms with Crippen LogP contribution < -0.4 is 15.7 Å². The Hall–Kier alpha value is -3.61. The van der Waals surface area contributed by atoms with Crippen LogP contribution >= 0.6 is 0 Å². The molecule has 0 unspecified atom stereocenters. The van der Waals surface area contributed by atoms with E-state index in [1.165, 1.54) is 6.07 Å². The first-order valence-corrected chi connectivity index (χ1v) is 10.6. The molecule has 0 aliphatic carbocycles. The molecular weight excluding hydrogens is 410 g/mol. The van der Waals surface area contributed by atoms with E-state index < -0.39 is 29.6 Å². The van der Waals surface area contributed by atoms with Gasteiger partial charge in [-0.2, -0.15) is 0 Å². The third-order valence-electron chi connectivity index (χ3n) is 5.29. The number of ether oxygens (including phenoxy) is 1. The van der Waals surface area contributed by atoms with Crippen LogP contribution in [-0.4, -0.2) is 29.1 Å². The molecule has 7 heteroatoms. The van der Waals surface area contributed by atoms with E-state index in [0.29, 0.717) is 16.9 Å². The van der Waals surface area contributed by atoms with E-state index in [1.807, 2.05) is 31.2 Å². The maximum atomic E-state index is 12.6. The summed E-state index contributed by atoms with van der Waals surface area (Å²) in [6.07, 6.45) is 0.850. The molecule has 3 rings (SSSR count). The predicted molar refractivity (Wildman–Crippen MR) is 121 cm³/mol. The van der Waals surface area contributed by atoms with Gasteiger partial charge in [0.05, 0.1) is 0 Å². The van der Waals surface area contributed by atoms with Crippen molar-refractivity contribution in [1.29, 1.82) is 0 Å². The summed E-state index contributed by atoms with van der Waals surface area (Å²) in [5, 5.41) is 12.9. The molecule has 2 aromatic carbocycles. The maximum absolute atomic E-state index is 12.6. The van der Waals surface area contributed by atoms with E-state index in [9.17, 15) is 19.5 Å². The first-order valence-electron chi connectivity index (χ1n) is 10.6. The Kier molecular flexibility index (Phi) is 7.30. The molecule has 2 N–H and O–H groups in total. The minimum Gasteiger partial charge on any atom is -0.480 e. The fourth-order valence-electron chi connectivity index (χ4n) is 3.59. The fraction of sp³-hybridized carbons (Fsp3) is 0.320. The van der Waals surface area contributed by atoms with Gasteiger partial charge in [0.1, 0.15) is 17.4 Å². The van der Waals surface area contributed by atoms with Crippen LogP contribution in [0.3, 0.4) is 0 Å². The lowest BCUT2D eigenvalue weighted by atomic mass is 10.0. The van der Waals surface area contributed by atoms with Crippen LogP contribution in [0.1, 0.15) is 37.0 Å². The third kappa shape index (κ3) is 5.35. The molecule has 0 spiro atoms. The van der Waals surface area contributed by atoms with Gasteiger partial charge in [0.2, 0.25) is 0 Å². The lowest BCUT2D eigenvalue weighted by Gasteiger charge is -2.20. The minimum atomic E-state index is -1.12. The molecule has 3 aromatic rings. The van der Waals surface area contributed by atoms with Crippen molar-refractivity contribution < 1.29 is 23.8 Å². The summed E-state index contributed by atoms with van der Waals surface area (Å²) in [6, 6.07) is 13.0. The number of rotatable bonds is 9. The van der Waals surface area contributed by atoms with Gasteiger partial charge >= 0.3 is 11.6 Å². The minimum absolute atomic E-state index is 0.162. The Morgan fingerprint density at radius 2 is 1.88 bits per heavy atom. The smallest absolute Gasteiger partial charge is 0.336 e. The average Bonchev–Trinajstić information content (AvgIpc) is 2.76. The highest BCUT2D eigenvalue weighted by molar-refractivity contribution is 5.87. The molecule has 1 aromatic heterocycles. The van der Waals surface area contributed by atoms with E-state index in [-0.39, 0.29) is 6.42 Å². The van der Waals surface area contributed by atoms with E-state index in [4.69, 9.17) is 9.15 Å². The van der Waals surface area contributed by atoms with Gasteiger partial charge in [-0.1, -0.05) is 43.7 Å². The zero-order valence-electron chi connectivity index (χ0n) is 18.4. The van der Waals surface area contributed by atoms with Gasteiger partial charge in [-0.15, -0.1) is 0 Å². The van der Waals surface area contributed by atoms with Crippen molar-refractivity contribution in [2.75, 3.05) is 0 Å². The highest BCUT2D eigenvalue weighted by atomic mass is 16.5. The third-order valence-corrected chi connectivity index (χ3v) is 5.29. The van der Waals surface area contributed by atoms with Crippen LogP contribution in [0.4, 0.5) is 0 Å². The van der Waals surface area contributed by atoms with E-state index >= 15 is 0 Å². The second-order valence-corrected chi connectivity index (χ2v) is 7.76. The molecule has 0 aliphatic rings. The Morgan fingerprint density at radius 3 is 2.53 bits per heavy atom. The second kappa shape index (κ2) is 10.1. The number of aryl methyl sites for hydroxylation is 2. The van der Waals surface area contributed by atoms with Gasteiger partial charge < -0.3 is 19.6 Å². The van der Waals surface area contributed by atoms with Crippen molar-refractivity contribution in [3.05, 3.63) is 75.6 Å². The summed E-state index contributed by atoms with van der Waals surface area (Å²) in [4.78, 5) is 36.3. The lowest BCUT2D eigenvalue weighted by Crippen LogP contribution is -2.47. The average molecular weight is 437 g/mol. The van der Waals surface area contributed by atoms with Gasteiger partial charge in [-0.3, -0.25) is 4.79 Å². The normalized spacial score (nSPS) is 12.8. The van der Waals surface area contributed by atoms with Crippen LogP contribution in [-0.2, 0) is 22.4 Å². The standard InChI is InChI=1S/C25H27NO6/c1-4-8-18-14-22(27)32-23-15(2)21(12-11-19(18)23)31-16(3)24(28)26-20(25(29)30)13-17-9-6-5-7-10-17/h5-7,9-12,14,16,20H,4,8,13H2,1-3H3,(H,26,28)(H,29,30)/t16-,20-/m0/s1. The number of hydrogen-bond acceptors (Lipinski definition) is 5. The number of carboxylic acids is 1. The number of carbonyl (C=O) groups is 2. The number of carboxylic acid groups (broad SMARTS) is 1. The number of amides is 1. The zero-order chi connectivity index (χ0) is 23.3. The largest absolute Gasteiger partial charge is 0.480 e. The molecular formula is C25H27NO6. The second-order valence-electron chi connectivity index (χ2n) is 7.76. The van der Waals surface area contributed by atoms with Gasteiger partial charge in [0.15, 0.2) is 6.10 Å². The Balaban J connectivity index is 1.77. The van der Waals surface area contributed by atoms with E-state index in [2.05, 4.69) is 5.32 Å². The lowest BCUT2D eigenvalue weighted by molar-refractivity contribution is -0.142. The number of nitrogens with one attached hydrogen (secondary N) is 1. The number of benzene rings is 2. The number of aliphatic carboxylic acids is 1. The number of hydrogen-bond donors (Lipinski definition) is 2. The Morgan fingerprint density at radius 1 is 1.16 bits per heavy atom. The van der Waals surface area contributed by atoms with Crippen molar-refractivity contribution in [2.24, 2.45) is 0 Å². The molecule has 0 saturated heterocycles. The van der Waals surface area contributed by atoms with Gasteiger partial charge in [0.25, 0.3) is 5.91 Å². The molecule has 168 valence electrons. The molecule has 1 amide bonds. The summed E-state index contributed by atoms with van der Waals surface area (Å²) in [6.45, 7) is 5.34. The van der Waals surface area contributed by atoms with E-state index in [1.54, 1.807) is 32.0 Å². The van der Waals surface area contributed by atoms with Gasteiger partial charge in [-0.05, 0) is 43.5 Å². The number of fused-ring (bicyclic) bond motifs is 1. The van der Waals surface area contributed by atoms with Crippen molar-refractivity contribution >= 4 is 22.8 Å². The van der Waals surface area contributed by atoms with Crippen LogP contribution in [0.25, 0.3) is 11.0 Å². The van der Waals surface area contributed by atoms with Gasteiger partial charge in [0, 0.05) is 23.4 Å². The van der Waals surface area contributed by atoms with Crippen molar-refractivity contribution in [2.45, 2.75) is 52.2 Å². The van der Waals surface area contributed by atoms with Crippen molar-refractivity contribution in [1.82, 2.24) is 5.32 Å². The zero-order valence-corrected chi connectivity index (χ0v) is 18.4. The first kappa shape index (κ1) is 23.1. The number of carbonyl (C=O) groups excluding carboxylic acids is 1.